The quantitative estimate of drug-likeness (QED) is 0.486. The van der Waals surface area contributed by atoms with Gasteiger partial charge in [-0.05, 0) is 36.2 Å². The van der Waals surface area contributed by atoms with Crippen molar-refractivity contribution in [2.45, 2.75) is 24.7 Å². The Morgan fingerprint density at radius 1 is 1.23 bits per heavy atom. The molecule has 0 saturated carbocycles. The van der Waals surface area contributed by atoms with Crippen LogP contribution in [-0.2, 0) is 9.09 Å². The van der Waals surface area contributed by atoms with Crippen molar-refractivity contribution in [2.75, 3.05) is 32.7 Å². The number of hydrogen-bond acceptors (Lipinski definition) is 7. The zero-order valence-electron chi connectivity index (χ0n) is 17.9. The van der Waals surface area contributed by atoms with E-state index in [1.54, 1.807) is 18.3 Å². The van der Waals surface area contributed by atoms with Crippen molar-refractivity contribution in [3.8, 4) is 17.2 Å². The van der Waals surface area contributed by atoms with Gasteiger partial charge in [0.1, 0.15) is 0 Å². The molecular weight excluding hydrogens is 415 g/mol. The van der Waals surface area contributed by atoms with Crippen LogP contribution < -0.4 is 14.8 Å². The van der Waals surface area contributed by atoms with Gasteiger partial charge in [-0.1, -0.05) is 25.1 Å². The Morgan fingerprint density at radius 3 is 2.58 bits per heavy atom. The summed E-state index contributed by atoms with van der Waals surface area (Å²) < 4.78 is 30.4. The highest BCUT2D eigenvalue weighted by atomic mass is 31.2. The fourth-order valence-corrected chi connectivity index (χ4v) is 6.83. The van der Waals surface area contributed by atoms with Crippen LogP contribution in [0.15, 0.2) is 48.7 Å². The first kappa shape index (κ1) is 21.5. The number of phenolic OH excluding ortho intramolecular Hbond substituents is 1. The largest absolute Gasteiger partial charge is 0.502 e. The number of aromatic nitrogens is 1. The number of nitrogens with one attached hydrogen (secondary N) is 1. The van der Waals surface area contributed by atoms with Gasteiger partial charge in [0.2, 0.25) is 13.1 Å². The molecule has 8 heteroatoms. The molecule has 1 saturated heterocycles. The lowest BCUT2D eigenvalue weighted by molar-refractivity contribution is 0.336. The van der Waals surface area contributed by atoms with Crippen LogP contribution in [0, 0.1) is 0 Å². The monoisotopic (exact) mass is 442 g/mol. The second-order valence-electron chi connectivity index (χ2n) is 7.70. The minimum atomic E-state index is -3.03. The van der Waals surface area contributed by atoms with E-state index in [1.165, 1.54) is 14.2 Å². The van der Waals surface area contributed by atoms with E-state index in [9.17, 15) is 9.67 Å². The third kappa shape index (κ3) is 4.08. The average Bonchev–Trinajstić information content (AvgIpc) is 3.13. The van der Waals surface area contributed by atoms with Gasteiger partial charge in [-0.3, -0.25) is 9.55 Å². The highest BCUT2D eigenvalue weighted by molar-refractivity contribution is 7.60. The summed E-state index contributed by atoms with van der Waals surface area (Å²) >= 11 is 0. The van der Waals surface area contributed by atoms with E-state index in [2.05, 4.69) is 10.3 Å². The number of rotatable bonds is 7. The van der Waals surface area contributed by atoms with Crippen LogP contribution in [0.2, 0.25) is 0 Å². The average molecular weight is 442 g/mol. The summed E-state index contributed by atoms with van der Waals surface area (Å²) in [6.07, 6.45) is 2.52. The number of phenols is 1. The molecule has 0 aliphatic carbocycles. The first-order chi connectivity index (χ1) is 15.0. The normalized spacial score (nSPS) is 21.7. The van der Waals surface area contributed by atoms with Crippen molar-refractivity contribution in [1.82, 2.24) is 4.98 Å². The van der Waals surface area contributed by atoms with E-state index in [0.29, 0.717) is 13.2 Å². The highest BCUT2D eigenvalue weighted by Crippen LogP contribution is 2.68. The number of methoxy groups -OCH3 is 2. The number of para-hydroxylation sites is 1. The van der Waals surface area contributed by atoms with E-state index in [-0.39, 0.29) is 22.9 Å². The molecule has 7 nitrogen and oxygen atoms in total. The number of benzene rings is 2. The molecule has 0 amide bonds. The van der Waals surface area contributed by atoms with Crippen LogP contribution in [0.3, 0.4) is 0 Å². The molecule has 164 valence electrons. The van der Waals surface area contributed by atoms with Crippen molar-refractivity contribution >= 4 is 24.0 Å². The van der Waals surface area contributed by atoms with E-state index >= 15 is 0 Å². The number of anilines is 1. The molecular formula is C23H27N2O5P. The highest BCUT2D eigenvalue weighted by Gasteiger charge is 2.44. The van der Waals surface area contributed by atoms with Crippen LogP contribution in [0.4, 0.5) is 5.69 Å². The van der Waals surface area contributed by atoms with Crippen LogP contribution in [-0.4, -0.2) is 43.1 Å². The zero-order chi connectivity index (χ0) is 22.0. The van der Waals surface area contributed by atoms with Gasteiger partial charge in [0.05, 0.1) is 43.9 Å². The predicted octanol–water partition coefficient (Wildman–Crippen LogP) is 5.20. The molecule has 0 bridgehead atoms. The van der Waals surface area contributed by atoms with Gasteiger partial charge < -0.3 is 24.4 Å². The molecule has 1 aromatic heterocycles. The fraction of sp³-hybridized carbons (Fsp3) is 0.348. The van der Waals surface area contributed by atoms with Crippen LogP contribution in [0.1, 0.15) is 24.6 Å². The van der Waals surface area contributed by atoms with Crippen LogP contribution in [0.5, 0.6) is 17.2 Å². The molecule has 1 aliphatic rings. The Morgan fingerprint density at radius 2 is 1.94 bits per heavy atom. The Balaban J connectivity index is 1.70. The number of ether oxygens (including phenoxy) is 2. The Kier molecular flexibility index (Phi) is 6.08. The predicted molar refractivity (Wildman–Crippen MR) is 122 cm³/mol. The molecule has 3 atom stereocenters. The molecule has 2 heterocycles. The summed E-state index contributed by atoms with van der Waals surface area (Å²) in [6, 6.07) is 13.3. The standard InChI is InChI=1S/C23H27N2O5P/c1-15-8-9-30-31(15,27)22(17-11-20(28-2)23(26)21(12-17)29-3)14-24-18-10-16-6-4-5-7-19(16)25-13-18/h4-7,10-13,15,22,24,26H,8-9,14H2,1-3H3. The van der Waals surface area contributed by atoms with Gasteiger partial charge >= 0.3 is 0 Å². The minimum absolute atomic E-state index is 0.0696. The maximum atomic E-state index is 13.9. The third-order valence-corrected chi connectivity index (χ3v) is 9.28. The van der Waals surface area contributed by atoms with E-state index in [4.69, 9.17) is 14.0 Å². The molecule has 1 fully saturated rings. The molecule has 4 rings (SSSR count). The topological polar surface area (TPSA) is 89.9 Å². The van der Waals surface area contributed by atoms with Crippen LogP contribution in [0.25, 0.3) is 10.9 Å². The fourth-order valence-electron chi connectivity index (χ4n) is 4.01. The van der Waals surface area contributed by atoms with Crippen molar-refractivity contribution in [3.63, 3.8) is 0 Å². The van der Waals surface area contributed by atoms with Crippen molar-refractivity contribution in [3.05, 3.63) is 54.2 Å². The Labute approximate surface area is 181 Å². The molecule has 3 aromatic rings. The molecule has 31 heavy (non-hydrogen) atoms. The lowest BCUT2D eigenvalue weighted by Gasteiger charge is -2.28. The number of nitrogens with zero attached hydrogens (tertiary/aromatic N) is 1. The van der Waals surface area contributed by atoms with Gasteiger partial charge in [-0.15, -0.1) is 0 Å². The van der Waals surface area contributed by atoms with Gasteiger partial charge in [0.15, 0.2) is 11.5 Å². The smallest absolute Gasteiger partial charge is 0.214 e. The van der Waals surface area contributed by atoms with Crippen molar-refractivity contribution in [1.29, 1.82) is 0 Å². The number of aromatic hydroxyl groups is 1. The molecule has 1 aliphatic heterocycles. The maximum Gasteiger partial charge on any atom is 0.214 e. The first-order valence-electron chi connectivity index (χ1n) is 10.2. The lowest BCUT2D eigenvalue weighted by Crippen LogP contribution is -2.17. The van der Waals surface area contributed by atoms with E-state index in [0.717, 1.165) is 28.6 Å². The zero-order valence-corrected chi connectivity index (χ0v) is 18.8. The number of hydrogen-bond donors (Lipinski definition) is 2. The van der Waals surface area contributed by atoms with Crippen molar-refractivity contribution < 1.29 is 23.7 Å². The Hall–Kier alpha value is -2.76. The molecule has 0 spiro atoms. The first-order valence-corrected chi connectivity index (χ1v) is 12.0. The lowest BCUT2D eigenvalue weighted by atomic mass is 10.1. The summed E-state index contributed by atoms with van der Waals surface area (Å²) in [4.78, 5) is 4.49. The Bertz CT molecular complexity index is 1110. The van der Waals surface area contributed by atoms with Gasteiger partial charge in [0.25, 0.3) is 0 Å². The van der Waals surface area contributed by atoms with E-state index < -0.39 is 13.0 Å². The van der Waals surface area contributed by atoms with Gasteiger partial charge in [0, 0.05) is 17.6 Å². The maximum absolute atomic E-state index is 13.9. The molecule has 0 radical (unpaired) electrons. The number of fused-ring (bicyclic) bond motifs is 1. The molecule has 2 aromatic carbocycles. The molecule has 3 unspecified atom stereocenters. The van der Waals surface area contributed by atoms with Gasteiger partial charge in [-0.2, -0.15) is 0 Å². The second-order valence-corrected chi connectivity index (χ2v) is 10.8. The number of pyridine rings is 1. The van der Waals surface area contributed by atoms with Gasteiger partial charge in [-0.25, -0.2) is 0 Å². The molecule has 2 N–H and O–H groups in total. The summed E-state index contributed by atoms with van der Waals surface area (Å²) in [5, 5.41) is 14.7. The minimum Gasteiger partial charge on any atom is -0.502 e. The summed E-state index contributed by atoms with van der Waals surface area (Å²) in [6.45, 7) is 2.81. The van der Waals surface area contributed by atoms with E-state index in [1.807, 2.05) is 37.3 Å². The third-order valence-electron chi connectivity index (χ3n) is 5.85. The summed E-state index contributed by atoms with van der Waals surface area (Å²) in [5.74, 6) is 0.452. The van der Waals surface area contributed by atoms with Crippen LogP contribution >= 0.6 is 7.37 Å². The summed E-state index contributed by atoms with van der Waals surface area (Å²) in [7, 11) is -0.0791. The second kappa shape index (κ2) is 8.77. The van der Waals surface area contributed by atoms with Crippen molar-refractivity contribution in [2.24, 2.45) is 0 Å². The SMILES string of the molecule is COc1cc(C(CNc2cnc3ccccc3c2)P2(=O)OCCC2C)cc(OC)c1O. The summed E-state index contributed by atoms with van der Waals surface area (Å²) in [5.41, 5.74) is 1.96.